The summed E-state index contributed by atoms with van der Waals surface area (Å²) >= 11 is 0. The number of carbonyl (C=O) groups excluding carboxylic acids is 3. The van der Waals surface area contributed by atoms with Crippen molar-refractivity contribution >= 4 is 28.0 Å². The van der Waals surface area contributed by atoms with Crippen molar-refractivity contribution in [1.29, 1.82) is 0 Å². The molecule has 2 rings (SSSR count). The maximum Gasteiger partial charge on any atom is 0.416 e. The SMILES string of the molecule is Cc1ccc(S(=O)(=O)NCC(=O)OCC(=O)N2CCOC2=O)cc1. The van der Waals surface area contributed by atoms with E-state index in [1.54, 1.807) is 12.1 Å². The molecule has 9 nitrogen and oxygen atoms in total. The van der Waals surface area contributed by atoms with E-state index in [4.69, 9.17) is 0 Å². The summed E-state index contributed by atoms with van der Waals surface area (Å²) in [6, 6.07) is 6.07. The van der Waals surface area contributed by atoms with E-state index < -0.39 is 41.1 Å². The normalized spacial score (nSPS) is 14.4. The smallest absolute Gasteiger partial charge is 0.416 e. The minimum atomic E-state index is -3.86. The number of aryl methyl sites for hydroxylation is 1. The summed E-state index contributed by atoms with van der Waals surface area (Å²) in [5.74, 6) is -1.67. The van der Waals surface area contributed by atoms with E-state index in [2.05, 4.69) is 14.2 Å². The highest BCUT2D eigenvalue weighted by molar-refractivity contribution is 7.89. The molecule has 1 N–H and O–H groups in total. The third-order valence-electron chi connectivity index (χ3n) is 3.16. The molecule has 1 aliphatic rings. The van der Waals surface area contributed by atoms with Crippen LogP contribution in [0.25, 0.3) is 0 Å². The third kappa shape index (κ3) is 4.52. The largest absolute Gasteiger partial charge is 0.455 e. The van der Waals surface area contributed by atoms with E-state index in [-0.39, 0.29) is 18.0 Å². The highest BCUT2D eigenvalue weighted by Gasteiger charge is 2.29. The van der Waals surface area contributed by atoms with Gasteiger partial charge in [0.1, 0.15) is 13.2 Å². The molecule has 0 spiro atoms. The molecule has 1 aromatic carbocycles. The lowest BCUT2D eigenvalue weighted by Crippen LogP contribution is -2.37. The minimum Gasteiger partial charge on any atom is -0.455 e. The number of nitrogens with one attached hydrogen (secondary N) is 1. The van der Waals surface area contributed by atoms with Crippen LogP contribution in [-0.2, 0) is 29.1 Å². The quantitative estimate of drug-likeness (QED) is 0.701. The van der Waals surface area contributed by atoms with E-state index in [9.17, 15) is 22.8 Å². The molecule has 0 radical (unpaired) electrons. The summed E-state index contributed by atoms with van der Waals surface area (Å²) in [5, 5.41) is 0. The van der Waals surface area contributed by atoms with Gasteiger partial charge in [0.15, 0.2) is 6.61 Å². The Labute approximate surface area is 138 Å². The molecule has 0 saturated carbocycles. The van der Waals surface area contributed by atoms with Crippen LogP contribution in [0.4, 0.5) is 4.79 Å². The van der Waals surface area contributed by atoms with Crippen LogP contribution in [0.1, 0.15) is 5.56 Å². The number of hydrogen-bond acceptors (Lipinski definition) is 7. The fraction of sp³-hybridized carbons (Fsp3) is 0.357. The summed E-state index contributed by atoms with van der Waals surface area (Å²) in [4.78, 5) is 35.1. The van der Waals surface area contributed by atoms with E-state index in [0.717, 1.165) is 10.5 Å². The maximum absolute atomic E-state index is 12.0. The third-order valence-corrected chi connectivity index (χ3v) is 4.57. The highest BCUT2D eigenvalue weighted by Crippen LogP contribution is 2.09. The summed E-state index contributed by atoms with van der Waals surface area (Å²) in [7, 11) is -3.86. The van der Waals surface area contributed by atoms with Crippen molar-refractivity contribution in [3.63, 3.8) is 0 Å². The Kier molecular flexibility index (Phi) is 5.52. The summed E-state index contributed by atoms with van der Waals surface area (Å²) in [5.41, 5.74) is 0.896. The summed E-state index contributed by atoms with van der Waals surface area (Å²) in [6.45, 7) is 0.701. The van der Waals surface area contributed by atoms with Crippen molar-refractivity contribution in [3.8, 4) is 0 Å². The van der Waals surface area contributed by atoms with Crippen molar-refractivity contribution in [3.05, 3.63) is 29.8 Å². The molecule has 1 heterocycles. The van der Waals surface area contributed by atoms with Gasteiger partial charge < -0.3 is 9.47 Å². The summed E-state index contributed by atoms with van der Waals surface area (Å²) < 4.78 is 35.3. The molecule has 1 saturated heterocycles. The molecular formula is C14H16N2O7S. The zero-order valence-corrected chi connectivity index (χ0v) is 13.7. The van der Waals surface area contributed by atoms with Gasteiger partial charge in [-0.15, -0.1) is 0 Å². The molecule has 1 aliphatic heterocycles. The molecule has 1 aromatic rings. The Balaban J connectivity index is 1.81. The van der Waals surface area contributed by atoms with Crippen LogP contribution in [0, 0.1) is 6.92 Å². The van der Waals surface area contributed by atoms with Crippen molar-refractivity contribution < 1.29 is 32.3 Å². The molecule has 0 atom stereocenters. The van der Waals surface area contributed by atoms with Crippen LogP contribution in [-0.4, -0.2) is 57.6 Å². The number of nitrogens with zero attached hydrogens (tertiary/aromatic N) is 1. The molecular weight excluding hydrogens is 340 g/mol. The Morgan fingerprint density at radius 1 is 1.29 bits per heavy atom. The lowest BCUT2D eigenvalue weighted by atomic mass is 10.2. The van der Waals surface area contributed by atoms with Gasteiger partial charge in [-0.3, -0.25) is 9.59 Å². The van der Waals surface area contributed by atoms with Crippen molar-refractivity contribution in [2.45, 2.75) is 11.8 Å². The maximum atomic E-state index is 12.0. The van der Waals surface area contributed by atoms with Gasteiger partial charge in [-0.05, 0) is 19.1 Å². The first-order valence-corrected chi connectivity index (χ1v) is 8.47. The Bertz CT molecular complexity index is 743. The monoisotopic (exact) mass is 356 g/mol. The minimum absolute atomic E-state index is 0.0109. The fourth-order valence-electron chi connectivity index (χ4n) is 1.85. The zero-order valence-electron chi connectivity index (χ0n) is 12.9. The van der Waals surface area contributed by atoms with Crippen LogP contribution in [0.2, 0.25) is 0 Å². The lowest BCUT2D eigenvalue weighted by molar-refractivity contribution is -0.149. The first-order chi connectivity index (χ1) is 11.3. The molecule has 0 bridgehead atoms. The Hall–Kier alpha value is -2.46. The number of imide groups is 1. The van der Waals surface area contributed by atoms with Crippen molar-refractivity contribution in [2.24, 2.45) is 0 Å². The van der Waals surface area contributed by atoms with Gasteiger partial charge in [0.25, 0.3) is 5.91 Å². The van der Waals surface area contributed by atoms with Gasteiger partial charge in [0, 0.05) is 0 Å². The number of rotatable bonds is 6. The van der Waals surface area contributed by atoms with Crippen molar-refractivity contribution in [2.75, 3.05) is 26.3 Å². The molecule has 1 fully saturated rings. The molecule has 24 heavy (non-hydrogen) atoms. The van der Waals surface area contributed by atoms with Crippen molar-refractivity contribution in [1.82, 2.24) is 9.62 Å². The van der Waals surface area contributed by atoms with Gasteiger partial charge in [-0.1, -0.05) is 17.7 Å². The average Bonchev–Trinajstić information content (AvgIpc) is 2.97. The molecule has 2 amide bonds. The second-order valence-corrected chi connectivity index (χ2v) is 6.72. The number of esters is 1. The van der Waals surface area contributed by atoms with E-state index in [0.29, 0.717) is 0 Å². The second-order valence-electron chi connectivity index (χ2n) is 4.96. The highest BCUT2D eigenvalue weighted by atomic mass is 32.2. The number of cyclic esters (lactones) is 1. The number of ether oxygens (including phenoxy) is 2. The number of benzene rings is 1. The molecule has 0 unspecified atom stereocenters. The Morgan fingerprint density at radius 3 is 2.54 bits per heavy atom. The number of amides is 2. The second kappa shape index (κ2) is 7.41. The number of sulfonamides is 1. The molecule has 0 aliphatic carbocycles. The first-order valence-electron chi connectivity index (χ1n) is 6.99. The van der Waals surface area contributed by atoms with Crippen LogP contribution in [0.5, 0.6) is 0 Å². The van der Waals surface area contributed by atoms with E-state index in [1.807, 2.05) is 6.92 Å². The average molecular weight is 356 g/mol. The summed E-state index contributed by atoms with van der Waals surface area (Å²) in [6.07, 6.45) is -0.795. The first kappa shape index (κ1) is 17.9. The Morgan fingerprint density at radius 2 is 1.96 bits per heavy atom. The number of hydrogen-bond donors (Lipinski definition) is 1. The molecule has 0 aromatic heterocycles. The van der Waals surface area contributed by atoms with Gasteiger partial charge in [-0.25, -0.2) is 18.1 Å². The van der Waals surface area contributed by atoms with E-state index >= 15 is 0 Å². The topological polar surface area (TPSA) is 119 Å². The molecule has 130 valence electrons. The molecule has 10 heteroatoms. The standard InChI is InChI=1S/C14H16N2O7S/c1-10-2-4-11(5-3-10)24(20,21)15-8-13(18)23-9-12(17)16-6-7-22-14(16)19/h2-5,15H,6-9H2,1H3. The van der Waals surface area contributed by atoms with Crippen LogP contribution in [0.15, 0.2) is 29.2 Å². The van der Waals surface area contributed by atoms with Gasteiger partial charge in [0.2, 0.25) is 10.0 Å². The van der Waals surface area contributed by atoms with Gasteiger partial charge in [-0.2, -0.15) is 4.72 Å². The fourth-order valence-corrected chi connectivity index (χ4v) is 2.81. The van der Waals surface area contributed by atoms with Crippen LogP contribution in [0.3, 0.4) is 0 Å². The van der Waals surface area contributed by atoms with Crippen LogP contribution >= 0.6 is 0 Å². The van der Waals surface area contributed by atoms with E-state index in [1.165, 1.54) is 12.1 Å². The zero-order chi connectivity index (χ0) is 17.7. The van der Waals surface area contributed by atoms with Gasteiger partial charge >= 0.3 is 12.1 Å². The predicted octanol–water partition coefficient (Wildman–Crippen LogP) is -0.205. The van der Waals surface area contributed by atoms with Gasteiger partial charge in [0.05, 0.1) is 11.4 Å². The predicted molar refractivity (Wildman–Crippen MR) is 80.4 cm³/mol. The lowest BCUT2D eigenvalue weighted by Gasteiger charge is -2.11. The van der Waals surface area contributed by atoms with Crippen LogP contribution < -0.4 is 4.72 Å². The number of carbonyl (C=O) groups is 3.